The highest BCUT2D eigenvalue weighted by molar-refractivity contribution is 7.99. The van der Waals surface area contributed by atoms with Crippen molar-refractivity contribution < 1.29 is 18.3 Å². The van der Waals surface area contributed by atoms with Crippen molar-refractivity contribution in [2.45, 2.75) is 17.7 Å². The van der Waals surface area contributed by atoms with Crippen LogP contribution < -0.4 is 10.9 Å². The Bertz CT molecular complexity index is 860. The minimum absolute atomic E-state index is 0.167. The molecule has 0 bridgehead atoms. The van der Waals surface area contributed by atoms with E-state index in [1.165, 1.54) is 23.9 Å². The molecule has 1 aromatic carbocycles. The van der Waals surface area contributed by atoms with Crippen molar-refractivity contribution in [2.75, 3.05) is 32.0 Å². The fraction of sp³-hybridized carbons (Fsp3) is 0.389. The van der Waals surface area contributed by atoms with Crippen LogP contribution in [0.2, 0.25) is 0 Å². The van der Waals surface area contributed by atoms with Crippen LogP contribution in [-0.4, -0.2) is 59.1 Å². The second-order valence-electron chi connectivity index (χ2n) is 6.33. The standard InChI is InChI=1S/C18H20F2N4O3S/c19-14-2-1-12(7-15(14)20)9-24-5-6-27-13(10-24)8-21-17(26)11-28-18-4-3-16(25)22-23-18/h1-4,7,13H,5-6,8-11H2,(H,21,26)(H,22,25). The molecule has 1 unspecified atom stereocenters. The van der Waals surface area contributed by atoms with Crippen LogP contribution in [-0.2, 0) is 16.1 Å². The van der Waals surface area contributed by atoms with Crippen LogP contribution in [0.4, 0.5) is 8.78 Å². The number of thioether (sulfide) groups is 1. The average molecular weight is 410 g/mol. The number of benzene rings is 1. The molecule has 1 amide bonds. The molecule has 1 saturated heterocycles. The summed E-state index contributed by atoms with van der Waals surface area (Å²) in [5.41, 5.74) is 0.393. The first-order chi connectivity index (χ1) is 13.5. The van der Waals surface area contributed by atoms with E-state index in [4.69, 9.17) is 4.74 Å². The smallest absolute Gasteiger partial charge is 0.264 e. The fourth-order valence-corrected chi connectivity index (χ4v) is 3.43. The monoisotopic (exact) mass is 410 g/mol. The lowest BCUT2D eigenvalue weighted by Crippen LogP contribution is -2.47. The first-order valence-corrected chi connectivity index (χ1v) is 9.71. The lowest BCUT2D eigenvalue weighted by molar-refractivity contribution is -0.119. The maximum Gasteiger partial charge on any atom is 0.264 e. The molecule has 1 aromatic heterocycles. The van der Waals surface area contributed by atoms with Crippen LogP contribution in [0.25, 0.3) is 0 Å². The molecular formula is C18H20F2N4O3S. The Morgan fingerprint density at radius 2 is 2.18 bits per heavy atom. The second-order valence-corrected chi connectivity index (χ2v) is 7.32. The Morgan fingerprint density at radius 3 is 2.93 bits per heavy atom. The van der Waals surface area contributed by atoms with E-state index in [0.717, 1.165) is 6.07 Å². The van der Waals surface area contributed by atoms with Crippen LogP contribution in [0.15, 0.2) is 40.2 Å². The number of ether oxygens (including phenoxy) is 1. The molecule has 1 aliphatic heterocycles. The van der Waals surface area contributed by atoms with Gasteiger partial charge in [0, 0.05) is 32.2 Å². The lowest BCUT2D eigenvalue weighted by atomic mass is 10.1. The van der Waals surface area contributed by atoms with Crippen molar-refractivity contribution in [3.05, 3.63) is 57.9 Å². The topological polar surface area (TPSA) is 87.3 Å². The number of halogens is 2. The van der Waals surface area contributed by atoms with Crippen molar-refractivity contribution in [3.8, 4) is 0 Å². The van der Waals surface area contributed by atoms with Crippen LogP contribution in [0, 0.1) is 11.6 Å². The zero-order valence-electron chi connectivity index (χ0n) is 15.0. The second kappa shape index (κ2) is 9.76. The van der Waals surface area contributed by atoms with Gasteiger partial charge in [-0.15, -0.1) is 0 Å². The number of nitrogens with one attached hydrogen (secondary N) is 2. The maximum absolute atomic E-state index is 13.3. The average Bonchev–Trinajstić information content (AvgIpc) is 2.69. The normalized spacial score (nSPS) is 17.4. The number of hydrogen-bond acceptors (Lipinski definition) is 6. The number of rotatable bonds is 7. The summed E-state index contributed by atoms with van der Waals surface area (Å²) in [6.45, 7) is 2.59. The zero-order chi connectivity index (χ0) is 19.9. The number of amides is 1. The maximum atomic E-state index is 13.3. The summed E-state index contributed by atoms with van der Waals surface area (Å²) >= 11 is 1.22. The first-order valence-electron chi connectivity index (χ1n) is 8.73. The van der Waals surface area contributed by atoms with Crippen LogP contribution in [0.5, 0.6) is 0 Å². The molecule has 0 radical (unpaired) electrons. The van der Waals surface area contributed by atoms with E-state index in [2.05, 4.69) is 20.4 Å². The molecule has 150 valence electrons. The Hall–Kier alpha value is -2.30. The minimum Gasteiger partial charge on any atom is -0.374 e. The van der Waals surface area contributed by atoms with E-state index in [-0.39, 0.29) is 23.3 Å². The van der Waals surface area contributed by atoms with E-state index in [1.807, 2.05) is 0 Å². The van der Waals surface area contributed by atoms with Crippen LogP contribution in [0.1, 0.15) is 5.56 Å². The van der Waals surface area contributed by atoms with Gasteiger partial charge in [-0.1, -0.05) is 17.8 Å². The Balaban J connectivity index is 1.41. The summed E-state index contributed by atoms with van der Waals surface area (Å²) in [7, 11) is 0. The van der Waals surface area contributed by atoms with Crippen molar-refractivity contribution in [3.63, 3.8) is 0 Å². The van der Waals surface area contributed by atoms with Crippen molar-refractivity contribution in [1.29, 1.82) is 0 Å². The number of aromatic nitrogens is 2. The highest BCUT2D eigenvalue weighted by atomic mass is 32.2. The quantitative estimate of drug-likeness (QED) is 0.666. The molecule has 28 heavy (non-hydrogen) atoms. The highest BCUT2D eigenvalue weighted by Gasteiger charge is 2.21. The van der Waals surface area contributed by atoms with Gasteiger partial charge in [0.1, 0.15) is 5.03 Å². The molecular weight excluding hydrogens is 390 g/mol. The van der Waals surface area contributed by atoms with Crippen molar-refractivity contribution in [2.24, 2.45) is 0 Å². The summed E-state index contributed by atoms with van der Waals surface area (Å²) in [4.78, 5) is 25.0. The molecule has 3 rings (SSSR count). The molecule has 0 aliphatic carbocycles. The summed E-state index contributed by atoms with van der Waals surface area (Å²) < 4.78 is 32.0. The third-order valence-corrected chi connectivity index (χ3v) is 5.07. The predicted molar refractivity (Wildman–Crippen MR) is 100.0 cm³/mol. The first kappa shape index (κ1) is 20.4. The van der Waals surface area contributed by atoms with Crippen LogP contribution >= 0.6 is 11.8 Å². The van der Waals surface area contributed by atoms with Gasteiger partial charge in [-0.25, -0.2) is 13.9 Å². The third-order valence-electron chi connectivity index (χ3n) is 4.14. The molecule has 1 atom stereocenters. The van der Waals surface area contributed by atoms with E-state index in [9.17, 15) is 18.4 Å². The van der Waals surface area contributed by atoms with Gasteiger partial charge in [-0.3, -0.25) is 14.5 Å². The van der Waals surface area contributed by atoms with Crippen molar-refractivity contribution >= 4 is 17.7 Å². The Labute approximate surface area is 164 Å². The molecule has 0 spiro atoms. The molecule has 2 N–H and O–H groups in total. The number of carbonyl (C=O) groups excluding carboxylic acids is 1. The summed E-state index contributed by atoms with van der Waals surface area (Å²) in [5, 5.41) is 9.51. The van der Waals surface area contributed by atoms with Gasteiger partial charge in [0.15, 0.2) is 11.6 Å². The molecule has 2 heterocycles. The van der Waals surface area contributed by atoms with E-state index in [1.54, 1.807) is 12.1 Å². The third kappa shape index (κ3) is 6.11. The van der Waals surface area contributed by atoms with Gasteiger partial charge < -0.3 is 10.1 Å². The largest absolute Gasteiger partial charge is 0.374 e. The number of nitrogens with zero attached hydrogens (tertiary/aromatic N) is 2. The van der Waals surface area contributed by atoms with Gasteiger partial charge in [0.2, 0.25) is 5.91 Å². The number of hydrogen-bond donors (Lipinski definition) is 2. The van der Waals surface area contributed by atoms with E-state index < -0.39 is 11.6 Å². The van der Waals surface area contributed by atoms with E-state index in [0.29, 0.717) is 43.4 Å². The summed E-state index contributed by atoms with van der Waals surface area (Å²) in [6.07, 6.45) is -0.181. The van der Waals surface area contributed by atoms with Gasteiger partial charge in [0.25, 0.3) is 5.56 Å². The SMILES string of the molecule is O=C(CSc1ccc(=O)[nH]n1)NCC1CN(Cc2ccc(F)c(F)c2)CCO1. The van der Waals surface area contributed by atoms with Gasteiger partial charge >= 0.3 is 0 Å². The van der Waals surface area contributed by atoms with Crippen LogP contribution in [0.3, 0.4) is 0 Å². The Morgan fingerprint density at radius 1 is 1.32 bits per heavy atom. The van der Waals surface area contributed by atoms with Gasteiger partial charge in [-0.2, -0.15) is 5.10 Å². The number of H-pyrrole nitrogens is 1. The zero-order valence-corrected chi connectivity index (χ0v) is 15.8. The van der Waals surface area contributed by atoms with Gasteiger partial charge in [-0.05, 0) is 23.8 Å². The molecule has 1 fully saturated rings. The minimum atomic E-state index is -0.860. The number of carbonyl (C=O) groups is 1. The lowest BCUT2D eigenvalue weighted by Gasteiger charge is -2.33. The van der Waals surface area contributed by atoms with Crippen molar-refractivity contribution in [1.82, 2.24) is 20.4 Å². The highest BCUT2D eigenvalue weighted by Crippen LogP contribution is 2.14. The summed E-state index contributed by atoms with van der Waals surface area (Å²) in [5.74, 6) is -1.71. The van der Waals surface area contributed by atoms with E-state index >= 15 is 0 Å². The molecule has 1 aliphatic rings. The fourth-order valence-electron chi connectivity index (χ4n) is 2.77. The molecule has 2 aromatic rings. The molecule has 7 nitrogen and oxygen atoms in total. The number of morpholine rings is 1. The summed E-state index contributed by atoms with van der Waals surface area (Å²) in [6, 6.07) is 6.79. The number of aromatic amines is 1. The van der Waals surface area contributed by atoms with Gasteiger partial charge in [0.05, 0.1) is 18.5 Å². The predicted octanol–water partition coefficient (Wildman–Crippen LogP) is 1.16. The molecule has 0 saturated carbocycles. The molecule has 10 heteroatoms. The Kier molecular flexibility index (Phi) is 7.12.